The minimum absolute atomic E-state index is 0.141. The van der Waals surface area contributed by atoms with E-state index in [2.05, 4.69) is 27.3 Å². The fraction of sp³-hybridized carbons (Fsp3) is 0.692. The summed E-state index contributed by atoms with van der Waals surface area (Å²) in [7, 11) is 0. The van der Waals surface area contributed by atoms with Crippen molar-refractivity contribution in [1.82, 2.24) is 20.4 Å². The highest BCUT2D eigenvalue weighted by Crippen LogP contribution is 2.33. The summed E-state index contributed by atoms with van der Waals surface area (Å²) < 4.78 is 0. The smallest absolute Gasteiger partial charge is 0.258 e. The van der Waals surface area contributed by atoms with Crippen molar-refractivity contribution >= 4 is 5.91 Å². The largest absolute Gasteiger partial charge is 0.331 e. The maximum Gasteiger partial charge on any atom is 0.258 e. The SMILES string of the molecule is Cc1n[nH]c(C)c1C(=O)N1C(C)CC2CNCC21. The lowest BCUT2D eigenvalue weighted by atomic mass is 10.0. The zero-order chi connectivity index (χ0) is 12.9. The number of aryl methyl sites for hydroxylation is 2. The van der Waals surface area contributed by atoms with Crippen LogP contribution in [-0.2, 0) is 0 Å². The molecule has 3 rings (SSSR count). The highest BCUT2D eigenvalue weighted by molar-refractivity contribution is 5.97. The van der Waals surface area contributed by atoms with Gasteiger partial charge in [0, 0.05) is 30.9 Å². The van der Waals surface area contributed by atoms with Gasteiger partial charge < -0.3 is 10.2 Å². The Labute approximate surface area is 107 Å². The molecule has 5 heteroatoms. The van der Waals surface area contributed by atoms with Crippen molar-refractivity contribution < 1.29 is 4.79 Å². The second-order valence-electron chi connectivity index (χ2n) is 5.59. The molecule has 5 nitrogen and oxygen atoms in total. The van der Waals surface area contributed by atoms with Crippen LogP contribution < -0.4 is 5.32 Å². The number of aromatic amines is 1. The number of hydrogen-bond acceptors (Lipinski definition) is 3. The first-order valence-corrected chi connectivity index (χ1v) is 6.64. The zero-order valence-corrected chi connectivity index (χ0v) is 11.2. The van der Waals surface area contributed by atoms with Crippen LogP contribution in [0.3, 0.4) is 0 Å². The summed E-state index contributed by atoms with van der Waals surface area (Å²) in [6, 6.07) is 0.699. The van der Waals surface area contributed by atoms with Gasteiger partial charge in [0.25, 0.3) is 5.91 Å². The Morgan fingerprint density at radius 2 is 2.17 bits per heavy atom. The number of carbonyl (C=O) groups excluding carboxylic acids is 1. The Hall–Kier alpha value is -1.36. The van der Waals surface area contributed by atoms with Crippen molar-refractivity contribution in [2.45, 2.75) is 39.3 Å². The second kappa shape index (κ2) is 4.09. The Morgan fingerprint density at radius 3 is 2.83 bits per heavy atom. The van der Waals surface area contributed by atoms with Gasteiger partial charge in [0.15, 0.2) is 0 Å². The topological polar surface area (TPSA) is 61.0 Å². The van der Waals surface area contributed by atoms with Crippen molar-refractivity contribution in [3.05, 3.63) is 17.0 Å². The lowest BCUT2D eigenvalue weighted by Gasteiger charge is -2.27. The lowest BCUT2D eigenvalue weighted by molar-refractivity contribution is 0.0681. The Balaban J connectivity index is 1.92. The van der Waals surface area contributed by atoms with E-state index in [1.807, 2.05) is 13.8 Å². The molecule has 1 amide bonds. The first-order chi connectivity index (χ1) is 8.59. The third kappa shape index (κ3) is 1.57. The number of likely N-dealkylation sites (tertiary alicyclic amines) is 1. The summed E-state index contributed by atoms with van der Waals surface area (Å²) in [6.07, 6.45) is 1.11. The summed E-state index contributed by atoms with van der Waals surface area (Å²) >= 11 is 0. The predicted octanol–water partition coefficient (Wildman–Crippen LogP) is 0.849. The molecule has 0 spiro atoms. The van der Waals surface area contributed by atoms with Crippen LogP contribution in [0, 0.1) is 19.8 Å². The van der Waals surface area contributed by atoms with E-state index in [-0.39, 0.29) is 5.91 Å². The van der Waals surface area contributed by atoms with Crippen LogP contribution in [-0.4, -0.2) is 46.2 Å². The number of amides is 1. The first kappa shape index (κ1) is 11.7. The Bertz CT molecular complexity index is 462. The Morgan fingerprint density at radius 1 is 1.39 bits per heavy atom. The van der Waals surface area contributed by atoms with Crippen molar-refractivity contribution in [1.29, 1.82) is 0 Å². The monoisotopic (exact) mass is 248 g/mol. The number of aromatic nitrogens is 2. The van der Waals surface area contributed by atoms with E-state index in [0.29, 0.717) is 18.0 Å². The van der Waals surface area contributed by atoms with Crippen molar-refractivity contribution in [3.63, 3.8) is 0 Å². The molecule has 0 aliphatic carbocycles. The van der Waals surface area contributed by atoms with Crippen molar-refractivity contribution in [2.24, 2.45) is 5.92 Å². The summed E-state index contributed by atoms with van der Waals surface area (Å²) in [6.45, 7) is 7.93. The molecule has 1 aromatic heterocycles. The molecule has 2 aliphatic heterocycles. The normalized spacial score (nSPS) is 30.8. The van der Waals surface area contributed by atoms with E-state index < -0.39 is 0 Å². The molecule has 3 heterocycles. The molecule has 1 aromatic rings. The third-order valence-electron chi connectivity index (χ3n) is 4.36. The van der Waals surface area contributed by atoms with Crippen molar-refractivity contribution in [3.8, 4) is 0 Å². The van der Waals surface area contributed by atoms with Gasteiger partial charge in [0.05, 0.1) is 11.3 Å². The summed E-state index contributed by atoms with van der Waals surface area (Å²) in [5.41, 5.74) is 2.44. The van der Waals surface area contributed by atoms with Gasteiger partial charge >= 0.3 is 0 Å². The van der Waals surface area contributed by atoms with Gasteiger partial charge in [0.1, 0.15) is 0 Å². The fourth-order valence-electron chi connectivity index (χ4n) is 3.51. The van der Waals surface area contributed by atoms with Crippen LogP contribution in [0.5, 0.6) is 0 Å². The molecule has 0 saturated carbocycles. The number of carbonyl (C=O) groups is 1. The minimum atomic E-state index is 0.141. The molecule has 2 saturated heterocycles. The summed E-state index contributed by atoms with van der Waals surface area (Å²) in [5.74, 6) is 0.763. The van der Waals surface area contributed by atoms with Gasteiger partial charge in [-0.3, -0.25) is 9.89 Å². The molecule has 3 atom stereocenters. The first-order valence-electron chi connectivity index (χ1n) is 6.64. The van der Waals surface area contributed by atoms with Crippen LogP contribution in [0.15, 0.2) is 0 Å². The van der Waals surface area contributed by atoms with Crippen LogP contribution in [0.25, 0.3) is 0 Å². The van der Waals surface area contributed by atoms with Gasteiger partial charge in [-0.15, -0.1) is 0 Å². The zero-order valence-electron chi connectivity index (χ0n) is 11.2. The number of rotatable bonds is 1. The number of H-pyrrole nitrogens is 1. The molecule has 2 aliphatic rings. The number of nitrogens with zero attached hydrogens (tertiary/aromatic N) is 2. The van der Waals surface area contributed by atoms with Gasteiger partial charge in [-0.05, 0) is 33.1 Å². The fourth-order valence-corrected chi connectivity index (χ4v) is 3.51. The standard InChI is InChI=1S/C13H20N4O/c1-7-4-10-5-14-6-11(10)17(7)13(18)12-8(2)15-16-9(12)3/h7,10-11,14H,4-6H2,1-3H3,(H,15,16). The van der Waals surface area contributed by atoms with E-state index in [4.69, 9.17) is 0 Å². The molecule has 98 valence electrons. The van der Waals surface area contributed by atoms with Gasteiger partial charge in [-0.25, -0.2) is 0 Å². The van der Waals surface area contributed by atoms with E-state index in [0.717, 1.165) is 36.5 Å². The van der Waals surface area contributed by atoms with Crippen LogP contribution >= 0.6 is 0 Å². The van der Waals surface area contributed by atoms with Crippen LogP contribution in [0.4, 0.5) is 0 Å². The Kier molecular flexibility index (Phi) is 2.66. The molecular weight excluding hydrogens is 228 g/mol. The maximum absolute atomic E-state index is 12.7. The molecule has 18 heavy (non-hydrogen) atoms. The third-order valence-corrected chi connectivity index (χ3v) is 4.36. The summed E-state index contributed by atoms with van der Waals surface area (Å²) in [4.78, 5) is 14.8. The number of fused-ring (bicyclic) bond motifs is 1. The lowest BCUT2D eigenvalue weighted by Crippen LogP contribution is -2.43. The molecular formula is C13H20N4O. The summed E-state index contributed by atoms with van der Waals surface area (Å²) in [5, 5.41) is 10.4. The highest BCUT2D eigenvalue weighted by Gasteiger charge is 2.44. The predicted molar refractivity (Wildman–Crippen MR) is 68.5 cm³/mol. The quantitative estimate of drug-likeness (QED) is 0.774. The van der Waals surface area contributed by atoms with Crippen molar-refractivity contribution in [2.75, 3.05) is 13.1 Å². The molecule has 0 radical (unpaired) electrons. The average molecular weight is 248 g/mol. The number of nitrogens with one attached hydrogen (secondary N) is 2. The molecule has 0 aromatic carbocycles. The molecule has 0 bridgehead atoms. The van der Waals surface area contributed by atoms with E-state index in [1.165, 1.54) is 0 Å². The molecule has 2 N–H and O–H groups in total. The van der Waals surface area contributed by atoms with Gasteiger partial charge in [0.2, 0.25) is 0 Å². The van der Waals surface area contributed by atoms with E-state index in [9.17, 15) is 4.79 Å². The van der Waals surface area contributed by atoms with Gasteiger partial charge in [-0.2, -0.15) is 5.10 Å². The average Bonchev–Trinajstić information content (AvgIpc) is 2.93. The second-order valence-corrected chi connectivity index (χ2v) is 5.59. The highest BCUT2D eigenvalue weighted by atomic mass is 16.2. The van der Waals surface area contributed by atoms with E-state index >= 15 is 0 Å². The minimum Gasteiger partial charge on any atom is -0.331 e. The van der Waals surface area contributed by atoms with Crippen LogP contribution in [0.2, 0.25) is 0 Å². The molecule has 3 unspecified atom stereocenters. The van der Waals surface area contributed by atoms with Gasteiger partial charge in [-0.1, -0.05) is 0 Å². The number of hydrogen-bond donors (Lipinski definition) is 2. The van der Waals surface area contributed by atoms with E-state index in [1.54, 1.807) is 0 Å². The maximum atomic E-state index is 12.7. The molecule has 2 fully saturated rings. The van der Waals surface area contributed by atoms with Crippen LogP contribution in [0.1, 0.15) is 35.1 Å².